The summed E-state index contributed by atoms with van der Waals surface area (Å²) in [5, 5.41) is 20.3. The number of nitrogens with one attached hydrogen (secondary N) is 3. The second kappa shape index (κ2) is 14.0. The zero-order valence-corrected chi connectivity index (χ0v) is 22.4. The molecular formula is C30H44N4O2. The number of amides is 1. The Hall–Kier alpha value is -2.86. The molecule has 1 heterocycles. The first-order valence-corrected chi connectivity index (χ1v) is 13.7. The van der Waals surface area contributed by atoms with Crippen molar-refractivity contribution in [2.75, 3.05) is 18.4 Å². The van der Waals surface area contributed by atoms with E-state index in [-0.39, 0.29) is 11.8 Å². The minimum atomic E-state index is -0.460. The Labute approximate surface area is 217 Å². The van der Waals surface area contributed by atoms with E-state index < -0.39 is 6.10 Å². The smallest absolute Gasteiger partial charge is 0.257 e. The van der Waals surface area contributed by atoms with E-state index in [1.165, 1.54) is 25.7 Å². The van der Waals surface area contributed by atoms with Gasteiger partial charge in [0.15, 0.2) is 5.96 Å². The Bertz CT molecular complexity index is 1020. The van der Waals surface area contributed by atoms with Crippen molar-refractivity contribution < 1.29 is 9.90 Å². The van der Waals surface area contributed by atoms with Crippen LogP contribution in [0.25, 0.3) is 0 Å². The van der Waals surface area contributed by atoms with Gasteiger partial charge < -0.3 is 15.7 Å². The van der Waals surface area contributed by atoms with Crippen LogP contribution in [-0.2, 0) is 0 Å². The highest BCUT2D eigenvalue weighted by Gasteiger charge is 2.16. The van der Waals surface area contributed by atoms with Gasteiger partial charge in [0.1, 0.15) is 0 Å². The van der Waals surface area contributed by atoms with Gasteiger partial charge in [-0.25, -0.2) is 0 Å². The molecule has 2 aromatic carbocycles. The molecule has 1 aliphatic rings. The zero-order valence-electron chi connectivity index (χ0n) is 22.4. The molecule has 3 rings (SSSR count). The van der Waals surface area contributed by atoms with Crippen molar-refractivity contribution in [1.29, 1.82) is 0 Å². The molecule has 0 fully saturated rings. The van der Waals surface area contributed by atoms with E-state index in [1.54, 1.807) is 0 Å². The van der Waals surface area contributed by atoms with Crippen LogP contribution < -0.4 is 16.0 Å². The normalized spacial score (nSPS) is 15.1. The van der Waals surface area contributed by atoms with Gasteiger partial charge in [-0.15, -0.1) is 0 Å². The molecular weight excluding hydrogens is 448 g/mol. The summed E-state index contributed by atoms with van der Waals surface area (Å²) in [7, 11) is 0. The van der Waals surface area contributed by atoms with Crippen LogP contribution in [0.15, 0.2) is 47.5 Å². The van der Waals surface area contributed by atoms with Crippen LogP contribution in [0.2, 0.25) is 0 Å². The van der Waals surface area contributed by atoms with Crippen molar-refractivity contribution in [3.63, 3.8) is 0 Å². The maximum absolute atomic E-state index is 12.8. The molecule has 36 heavy (non-hydrogen) atoms. The van der Waals surface area contributed by atoms with Crippen LogP contribution >= 0.6 is 0 Å². The first kappa shape index (κ1) is 27.7. The van der Waals surface area contributed by atoms with E-state index in [0.717, 1.165) is 60.8 Å². The fourth-order valence-corrected chi connectivity index (χ4v) is 4.80. The Morgan fingerprint density at radius 1 is 1.11 bits per heavy atom. The van der Waals surface area contributed by atoms with Crippen LogP contribution in [0.5, 0.6) is 0 Å². The fraction of sp³-hybridized carbons (Fsp3) is 0.533. The summed E-state index contributed by atoms with van der Waals surface area (Å²) in [6, 6.07) is 13.8. The molecule has 6 nitrogen and oxygen atoms in total. The Kier molecular flexibility index (Phi) is 10.8. The Balaban J connectivity index is 1.67. The first-order chi connectivity index (χ1) is 17.4. The van der Waals surface area contributed by atoms with Gasteiger partial charge in [0, 0.05) is 30.0 Å². The molecule has 2 atom stereocenters. The number of rotatable bonds is 12. The molecule has 0 saturated heterocycles. The van der Waals surface area contributed by atoms with Crippen LogP contribution in [0.3, 0.4) is 0 Å². The van der Waals surface area contributed by atoms with Gasteiger partial charge in [-0.3, -0.25) is 15.1 Å². The maximum atomic E-state index is 12.8. The van der Waals surface area contributed by atoms with Crippen molar-refractivity contribution in [2.45, 2.75) is 84.7 Å². The summed E-state index contributed by atoms with van der Waals surface area (Å²) in [6.07, 6.45) is 7.24. The van der Waals surface area contributed by atoms with Crippen molar-refractivity contribution in [1.82, 2.24) is 10.6 Å². The topological polar surface area (TPSA) is 85.8 Å². The molecule has 0 saturated carbocycles. The quantitative estimate of drug-likeness (QED) is 0.267. The summed E-state index contributed by atoms with van der Waals surface area (Å²) >= 11 is 0. The van der Waals surface area contributed by atoms with Crippen molar-refractivity contribution >= 4 is 23.2 Å². The summed E-state index contributed by atoms with van der Waals surface area (Å²) < 4.78 is 0. The number of aliphatic hydroxyl groups is 1. The largest absolute Gasteiger partial charge is 0.388 e. The molecule has 2 aromatic rings. The third-order valence-corrected chi connectivity index (χ3v) is 6.98. The van der Waals surface area contributed by atoms with Crippen LogP contribution in [0.4, 0.5) is 11.4 Å². The number of anilines is 2. The van der Waals surface area contributed by atoms with E-state index >= 15 is 0 Å². The van der Waals surface area contributed by atoms with Gasteiger partial charge in [-0.2, -0.15) is 0 Å². The lowest BCUT2D eigenvalue weighted by atomic mass is 9.93. The molecule has 2 unspecified atom stereocenters. The van der Waals surface area contributed by atoms with Gasteiger partial charge in [0.05, 0.1) is 6.10 Å². The van der Waals surface area contributed by atoms with Gasteiger partial charge in [0.25, 0.3) is 5.91 Å². The number of hydrogen-bond acceptors (Lipinski definition) is 5. The van der Waals surface area contributed by atoms with Crippen molar-refractivity contribution in [3.05, 3.63) is 59.2 Å². The minimum absolute atomic E-state index is 0.161. The number of aliphatic hydroxyl groups excluding tert-OH is 1. The van der Waals surface area contributed by atoms with Gasteiger partial charge >= 0.3 is 0 Å². The molecule has 0 aliphatic carbocycles. The second-order valence-corrected chi connectivity index (χ2v) is 10.2. The average Bonchev–Trinajstić information content (AvgIpc) is 2.88. The van der Waals surface area contributed by atoms with E-state index in [1.807, 2.05) is 42.5 Å². The Morgan fingerprint density at radius 2 is 1.94 bits per heavy atom. The van der Waals surface area contributed by atoms with Crippen molar-refractivity contribution in [2.24, 2.45) is 10.9 Å². The predicted molar refractivity (Wildman–Crippen MR) is 150 cm³/mol. The highest BCUT2D eigenvalue weighted by molar-refractivity contribution is 6.06. The van der Waals surface area contributed by atoms with E-state index in [2.05, 4.69) is 48.6 Å². The number of benzene rings is 2. The third kappa shape index (κ3) is 8.09. The highest BCUT2D eigenvalue weighted by atomic mass is 16.3. The molecule has 196 valence electrons. The zero-order chi connectivity index (χ0) is 25.9. The maximum Gasteiger partial charge on any atom is 0.257 e. The standard InChI is InChI=1S/C30H44N4O2/c1-5-10-22(6-2)11-7-14-28(35)23-12-8-13-25(19-23)33-27-16-15-24(20-26(27)21(3)4)29(36)34-30-31-17-9-18-32-30/h8,12-13,15-16,19-22,28,33,35H,5-7,9-11,14,17-18H2,1-4H3,(H2,31,32,34,36). The van der Waals surface area contributed by atoms with Gasteiger partial charge in [-0.05, 0) is 66.1 Å². The fourth-order valence-electron chi connectivity index (χ4n) is 4.80. The number of aliphatic imine (C=N–C) groups is 1. The number of carbonyl (C=O) groups is 1. The SMILES string of the molecule is CCCC(CC)CCCC(O)c1cccc(Nc2ccc(C(=O)NC3=NCCCN3)cc2C(C)C)c1. The van der Waals surface area contributed by atoms with Crippen molar-refractivity contribution in [3.8, 4) is 0 Å². The average molecular weight is 493 g/mol. The third-order valence-electron chi connectivity index (χ3n) is 6.98. The molecule has 4 N–H and O–H groups in total. The highest BCUT2D eigenvalue weighted by Crippen LogP contribution is 2.30. The van der Waals surface area contributed by atoms with E-state index in [0.29, 0.717) is 11.5 Å². The van der Waals surface area contributed by atoms with Gasteiger partial charge in [0.2, 0.25) is 0 Å². The predicted octanol–water partition coefficient (Wildman–Crippen LogP) is 6.66. The summed E-state index contributed by atoms with van der Waals surface area (Å²) in [4.78, 5) is 17.1. The number of nitrogens with zero attached hydrogens (tertiary/aromatic N) is 1. The molecule has 1 aliphatic heterocycles. The summed E-state index contributed by atoms with van der Waals surface area (Å²) in [5.74, 6) is 1.38. The number of carbonyl (C=O) groups excluding carboxylic acids is 1. The summed E-state index contributed by atoms with van der Waals surface area (Å²) in [5.41, 5.74) is 4.51. The van der Waals surface area contributed by atoms with Crippen LogP contribution in [-0.4, -0.2) is 30.1 Å². The first-order valence-electron chi connectivity index (χ1n) is 13.7. The Morgan fingerprint density at radius 3 is 2.64 bits per heavy atom. The number of guanidine groups is 1. The van der Waals surface area contributed by atoms with Gasteiger partial charge in [-0.1, -0.05) is 71.9 Å². The molecule has 0 aromatic heterocycles. The molecule has 0 radical (unpaired) electrons. The second-order valence-electron chi connectivity index (χ2n) is 10.2. The monoisotopic (exact) mass is 492 g/mol. The lowest BCUT2D eigenvalue weighted by molar-refractivity contribution is 0.0975. The molecule has 0 bridgehead atoms. The lowest BCUT2D eigenvalue weighted by Gasteiger charge is -2.19. The van der Waals surface area contributed by atoms with E-state index in [4.69, 9.17) is 0 Å². The summed E-state index contributed by atoms with van der Waals surface area (Å²) in [6.45, 7) is 10.3. The number of hydrogen-bond donors (Lipinski definition) is 4. The minimum Gasteiger partial charge on any atom is -0.388 e. The molecule has 0 spiro atoms. The van der Waals surface area contributed by atoms with Crippen LogP contribution in [0, 0.1) is 5.92 Å². The molecule has 6 heteroatoms. The lowest BCUT2D eigenvalue weighted by Crippen LogP contribution is -2.43. The molecule has 1 amide bonds. The van der Waals surface area contributed by atoms with Crippen LogP contribution in [0.1, 0.15) is 106 Å². The van der Waals surface area contributed by atoms with E-state index in [9.17, 15) is 9.90 Å².